The van der Waals surface area contributed by atoms with Crippen molar-refractivity contribution in [3.05, 3.63) is 35.4 Å². The molecular formula is C19H31NO3S. The zero-order valence-electron chi connectivity index (χ0n) is 16.1. The molecule has 1 N–H and O–H groups in total. The second-order valence-electron chi connectivity index (χ2n) is 8.35. The highest BCUT2D eigenvalue weighted by Crippen LogP contribution is 2.25. The Balaban J connectivity index is 3.07. The van der Waals surface area contributed by atoms with Crippen molar-refractivity contribution in [1.82, 2.24) is 4.72 Å². The SMILES string of the molecule is CC(C)C(NS(=O)C(C)(C)C)c1cccc(C(=O)OC(C)(C)C)c1. The fraction of sp³-hybridized carbons (Fsp3) is 0.632. The molecule has 24 heavy (non-hydrogen) atoms. The minimum absolute atomic E-state index is 0.104. The van der Waals surface area contributed by atoms with Crippen LogP contribution in [-0.2, 0) is 15.7 Å². The van der Waals surface area contributed by atoms with Crippen LogP contribution in [0, 0.1) is 5.92 Å². The van der Waals surface area contributed by atoms with Crippen molar-refractivity contribution >= 4 is 17.0 Å². The molecule has 0 saturated carbocycles. The number of carbonyl (C=O) groups is 1. The zero-order chi connectivity index (χ0) is 18.7. The van der Waals surface area contributed by atoms with E-state index in [0.29, 0.717) is 5.56 Å². The molecule has 0 saturated heterocycles. The van der Waals surface area contributed by atoms with Gasteiger partial charge >= 0.3 is 5.97 Å². The van der Waals surface area contributed by atoms with Crippen LogP contribution in [-0.4, -0.2) is 20.5 Å². The van der Waals surface area contributed by atoms with Crippen molar-refractivity contribution < 1.29 is 13.7 Å². The van der Waals surface area contributed by atoms with Gasteiger partial charge in [-0.05, 0) is 65.2 Å². The van der Waals surface area contributed by atoms with Gasteiger partial charge in [-0.1, -0.05) is 26.0 Å². The van der Waals surface area contributed by atoms with Gasteiger partial charge in [0.1, 0.15) is 5.60 Å². The van der Waals surface area contributed by atoms with Crippen molar-refractivity contribution in [2.24, 2.45) is 5.92 Å². The Morgan fingerprint density at radius 3 is 2.17 bits per heavy atom. The Bertz CT molecular complexity index is 597. The van der Waals surface area contributed by atoms with Gasteiger partial charge in [0.25, 0.3) is 0 Å². The van der Waals surface area contributed by atoms with E-state index in [4.69, 9.17) is 4.74 Å². The summed E-state index contributed by atoms with van der Waals surface area (Å²) in [6, 6.07) is 7.26. The van der Waals surface area contributed by atoms with E-state index < -0.39 is 16.6 Å². The molecule has 5 heteroatoms. The number of esters is 1. The van der Waals surface area contributed by atoms with Crippen LogP contribution in [0.2, 0.25) is 0 Å². The Hall–Kier alpha value is -1.20. The third kappa shape index (κ3) is 6.36. The molecule has 0 aliphatic carbocycles. The largest absolute Gasteiger partial charge is 0.456 e. The third-order valence-corrected chi connectivity index (χ3v) is 4.92. The standard InChI is InChI=1S/C19H31NO3S/c1-13(2)16(20-24(22)19(6,7)8)14-10-9-11-15(12-14)17(21)23-18(3,4)5/h9-13,16,20H,1-8H3. The van der Waals surface area contributed by atoms with Gasteiger partial charge in [-0.2, -0.15) is 0 Å². The fourth-order valence-electron chi connectivity index (χ4n) is 2.08. The van der Waals surface area contributed by atoms with E-state index in [1.807, 2.05) is 59.7 Å². The monoisotopic (exact) mass is 353 g/mol. The van der Waals surface area contributed by atoms with Gasteiger partial charge in [-0.15, -0.1) is 0 Å². The van der Waals surface area contributed by atoms with Gasteiger partial charge in [0.15, 0.2) is 0 Å². The maximum atomic E-state index is 12.5. The maximum Gasteiger partial charge on any atom is 0.338 e. The lowest BCUT2D eigenvalue weighted by Crippen LogP contribution is -2.37. The third-order valence-electron chi connectivity index (χ3n) is 3.34. The number of nitrogens with one attached hydrogen (secondary N) is 1. The van der Waals surface area contributed by atoms with E-state index in [0.717, 1.165) is 5.56 Å². The van der Waals surface area contributed by atoms with E-state index in [1.165, 1.54) is 0 Å². The molecular weight excluding hydrogens is 322 g/mol. The number of hydrogen-bond acceptors (Lipinski definition) is 3. The van der Waals surface area contributed by atoms with Gasteiger partial charge in [0.2, 0.25) is 0 Å². The van der Waals surface area contributed by atoms with E-state index in [2.05, 4.69) is 18.6 Å². The van der Waals surface area contributed by atoms with Crippen LogP contribution in [0.4, 0.5) is 0 Å². The smallest absolute Gasteiger partial charge is 0.338 e. The lowest BCUT2D eigenvalue weighted by Gasteiger charge is -2.27. The normalized spacial score (nSPS) is 15.2. The molecule has 0 aliphatic rings. The van der Waals surface area contributed by atoms with Gasteiger partial charge in [0.05, 0.1) is 21.3 Å². The first kappa shape index (κ1) is 20.8. The summed E-state index contributed by atoms with van der Waals surface area (Å²) in [7, 11) is -1.19. The molecule has 0 bridgehead atoms. The first-order chi connectivity index (χ1) is 10.8. The number of benzene rings is 1. The molecule has 0 aliphatic heterocycles. The molecule has 4 nitrogen and oxygen atoms in total. The summed E-state index contributed by atoms with van der Waals surface area (Å²) < 4.78 is 20.8. The molecule has 0 heterocycles. The number of hydrogen-bond donors (Lipinski definition) is 1. The fourth-order valence-corrected chi connectivity index (χ4v) is 3.07. The molecule has 1 rings (SSSR count). The quantitative estimate of drug-likeness (QED) is 0.799. The van der Waals surface area contributed by atoms with Crippen LogP contribution < -0.4 is 4.72 Å². The van der Waals surface area contributed by atoms with E-state index in [1.54, 1.807) is 6.07 Å². The zero-order valence-corrected chi connectivity index (χ0v) is 16.9. The summed E-state index contributed by atoms with van der Waals surface area (Å²) in [6.45, 7) is 15.5. The Kier molecular flexibility index (Phi) is 6.76. The Morgan fingerprint density at radius 1 is 1.12 bits per heavy atom. The molecule has 136 valence electrons. The van der Waals surface area contributed by atoms with E-state index in [9.17, 15) is 9.00 Å². The average Bonchev–Trinajstić information content (AvgIpc) is 2.41. The first-order valence-corrected chi connectivity index (χ1v) is 9.47. The molecule has 0 amide bonds. The summed E-state index contributed by atoms with van der Waals surface area (Å²) in [5.74, 6) is -0.117. The number of rotatable bonds is 5. The van der Waals surface area contributed by atoms with Crippen LogP contribution in [0.3, 0.4) is 0 Å². The predicted octanol–water partition coefficient (Wildman–Crippen LogP) is 4.39. The molecule has 1 aromatic rings. The first-order valence-electron chi connectivity index (χ1n) is 8.32. The average molecular weight is 354 g/mol. The van der Waals surface area contributed by atoms with Crippen molar-refractivity contribution in [1.29, 1.82) is 0 Å². The predicted molar refractivity (Wildman–Crippen MR) is 100 cm³/mol. The molecule has 2 unspecified atom stereocenters. The van der Waals surface area contributed by atoms with Gasteiger partial charge in [0, 0.05) is 6.04 Å². The second kappa shape index (κ2) is 7.79. The van der Waals surface area contributed by atoms with Gasteiger partial charge < -0.3 is 4.74 Å². The lowest BCUT2D eigenvalue weighted by molar-refractivity contribution is 0.00693. The van der Waals surface area contributed by atoms with Crippen molar-refractivity contribution in [2.45, 2.75) is 71.8 Å². The van der Waals surface area contributed by atoms with Crippen molar-refractivity contribution in [2.75, 3.05) is 0 Å². The highest BCUT2D eigenvalue weighted by molar-refractivity contribution is 7.84. The van der Waals surface area contributed by atoms with Crippen LogP contribution >= 0.6 is 0 Å². The summed E-state index contributed by atoms with van der Waals surface area (Å²) in [5.41, 5.74) is 0.915. The Morgan fingerprint density at radius 2 is 1.71 bits per heavy atom. The highest BCUT2D eigenvalue weighted by atomic mass is 32.2. The summed E-state index contributed by atoms with van der Waals surface area (Å²) in [6.07, 6.45) is 0. The van der Waals surface area contributed by atoms with Gasteiger partial charge in [-0.25, -0.2) is 13.7 Å². The summed E-state index contributed by atoms with van der Waals surface area (Å²) in [4.78, 5) is 12.3. The summed E-state index contributed by atoms with van der Waals surface area (Å²) >= 11 is 0. The van der Waals surface area contributed by atoms with Crippen molar-refractivity contribution in [3.63, 3.8) is 0 Å². The maximum absolute atomic E-state index is 12.5. The number of carbonyl (C=O) groups excluding carboxylic acids is 1. The van der Waals surface area contributed by atoms with Crippen LogP contribution in [0.5, 0.6) is 0 Å². The van der Waals surface area contributed by atoms with E-state index >= 15 is 0 Å². The minimum atomic E-state index is -1.19. The lowest BCUT2D eigenvalue weighted by atomic mass is 9.95. The van der Waals surface area contributed by atoms with Crippen LogP contribution in [0.15, 0.2) is 24.3 Å². The van der Waals surface area contributed by atoms with Crippen LogP contribution in [0.1, 0.15) is 77.4 Å². The molecule has 0 radical (unpaired) electrons. The molecule has 0 spiro atoms. The number of ether oxygens (including phenoxy) is 1. The minimum Gasteiger partial charge on any atom is -0.456 e. The van der Waals surface area contributed by atoms with E-state index in [-0.39, 0.29) is 22.7 Å². The van der Waals surface area contributed by atoms with Crippen LogP contribution in [0.25, 0.3) is 0 Å². The molecule has 0 fully saturated rings. The molecule has 1 aromatic carbocycles. The topological polar surface area (TPSA) is 55.4 Å². The highest BCUT2D eigenvalue weighted by Gasteiger charge is 2.26. The second-order valence-corrected chi connectivity index (χ2v) is 10.3. The molecule has 2 atom stereocenters. The van der Waals surface area contributed by atoms with Gasteiger partial charge in [-0.3, -0.25) is 0 Å². The molecule has 0 aromatic heterocycles. The summed E-state index contributed by atoms with van der Waals surface area (Å²) in [5, 5.41) is 0. The van der Waals surface area contributed by atoms with Crippen molar-refractivity contribution in [3.8, 4) is 0 Å². The Labute approximate surface area is 149 Å².